The average molecular weight is 320 g/mol. The molecule has 1 aliphatic heterocycles. The SMILES string of the molecule is CC(C)OC(=O)C(C(=O)OC(C)C)C1OC(=O)c2ccccc21. The van der Waals surface area contributed by atoms with Gasteiger partial charge in [-0.15, -0.1) is 0 Å². The minimum Gasteiger partial charge on any atom is -0.462 e. The van der Waals surface area contributed by atoms with Gasteiger partial charge in [-0.1, -0.05) is 18.2 Å². The summed E-state index contributed by atoms with van der Waals surface area (Å²) >= 11 is 0. The predicted molar refractivity (Wildman–Crippen MR) is 80.5 cm³/mol. The second-order valence-corrected chi connectivity index (χ2v) is 5.86. The molecule has 1 atom stereocenters. The second kappa shape index (κ2) is 6.81. The number of benzene rings is 1. The number of carbonyl (C=O) groups excluding carboxylic acids is 3. The maximum Gasteiger partial charge on any atom is 0.339 e. The molecule has 0 bridgehead atoms. The molecule has 23 heavy (non-hydrogen) atoms. The molecule has 1 aliphatic rings. The number of carbonyl (C=O) groups is 3. The van der Waals surface area contributed by atoms with E-state index in [1.165, 1.54) is 0 Å². The zero-order chi connectivity index (χ0) is 17.1. The van der Waals surface area contributed by atoms with Crippen molar-refractivity contribution in [3.05, 3.63) is 35.4 Å². The molecule has 0 saturated heterocycles. The van der Waals surface area contributed by atoms with E-state index in [4.69, 9.17) is 14.2 Å². The van der Waals surface area contributed by atoms with E-state index in [2.05, 4.69) is 0 Å². The van der Waals surface area contributed by atoms with Crippen LogP contribution in [0.4, 0.5) is 0 Å². The summed E-state index contributed by atoms with van der Waals surface area (Å²) in [5.74, 6) is -3.43. The molecular weight excluding hydrogens is 300 g/mol. The molecule has 0 spiro atoms. The van der Waals surface area contributed by atoms with Gasteiger partial charge in [0.05, 0.1) is 17.8 Å². The Morgan fingerprint density at radius 3 is 2.04 bits per heavy atom. The van der Waals surface area contributed by atoms with Crippen molar-refractivity contribution in [2.45, 2.75) is 46.0 Å². The topological polar surface area (TPSA) is 78.9 Å². The molecule has 0 N–H and O–H groups in total. The Hall–Kier alpha value is -2.37. The number of hydrogen-bond donors (Lipinski definition) is 0. The average Bonchev–Trinajstić information content (AvgIpc) is 2.75. The lowest BCUT2D eigenvalue weighted by atomic mass is 9.94. The fraction of sp³-hybridized carbons (Fsp3) is 0.471. The van der Waals surface area contributed by atoms with Crippen LogP contribution in [0.1, 0.15) is 49.7 Å². The molecule has 6 heteroatoms. The van der Waals surface area contributed by atoms with Crippen LogP contribution >= 0.6 is 0 Å². The van der Waals surface area contributed by atoms with Crippen molar-refractivity contribution in [2.75, 3.05) is 0 Å². The van der Waals surface area contributed by atoms with Crippen molar-refractivity contribution in [2.24, 2.45) is 5.92 Å². The molecule has 1 aromatic rings. The van der Waals surface area contributed by atoms with Crippen LogP contribution < -0.4 is 0 Å². The zero-order valence-corrected chi connectivity index (χ0v) is 13.6. The molecule has 1 heterocycles. The maximum absolute atomic E-state index is 12.4. The van der Waals surface area contributed by atoms with Gasteiger partial charge in [-0.05, 0) is 33.8 Å². The number of fused-ring (bicyclic) bond motifs is 1. The monoisotopic (exact) mass is 320 g/mol. The first-order chi connectivity index (χ1) is 10.8. The van der Waals surface area contributed by atoms with Crippen LogP contribution in [-0.2, 0) is 23.8 Å². The lowest BCUT2D eigenvalue weighted by Gasteiger charge is -2.22. The molecule has 0 amide bonds. The van der Waals surface area contributed by atoms with Crippen molar-refractivity contribution < 1.29 is 28.6 Å². The smallest absolute Gasteiger partial charge is 0.339 e. The Labute approximate surface area is 134 Å². The number of hydrogen-bond acceptors (Lipinski definition) is 6. The van der Waals surface area contributed by atoms with Gasteiger partial charge >= 0.3 is 17.9 Å². The molecule has 0 aromatic heterocycles. The van der Waals surface area contributed by atoms with Crippen molar-refractivity contribution in [1.82, 2.24) is 0 Å². The summed E-state index contributed by atoms with van der Waals surface area (Å²) in [7, 11) is 0. The van der Waals surface area contributed by atoms with Crippen LogP contribution in [0.2, 0.25) is 0 Å². The molecule has 0 radical (unpaired) electrons. The van der Waals surface area contributed by atoms with Crippen molar-refractivity contribution in [1.29, 1.82) is 0 Å². The summed E-state index contributed by atoms with van der Waals surface area (Å²) in [4.78, 5) is 36.7. The molecule has 124 valence electrons. The van der Waals surface area contributed by atoms with E-state index >= 15 is 0 Å². The largest absolute Gasteiger partial charge is 0.462 e. The summed E-state index contributed by atoms with van der Waals surface area (Å²) < 4.78 is 15.6. The Kier molecular flexibility index (Phi) is 5.03. The van der Waals surface area contributed by atoms with E-state index in [-0.39, 0.29) is 0 Å². The van der Waals surface area contributed by atoms with Crippen molar-refractivity contribution in [3.63, 3.8) is 0 Å². The number of esters is 3. The third-order valence-electron chi connectivity index (χ3n) is 3.24. The molecule has 1 unspecified atom stereocenters. The third kappa shape index (κ3) is 3.70. The minimum absolute atomic E-state index is 0.345. The van der Waals surface area contributed by atoms with Gasteiger partial charge in [0.15, 0.2) is 12.0 Å². The van der Waals surface area contributed by atoms with Crippen LogP contribution in [0.15, 0.2) is 24.3 Å². The van der Waals surface area contributed by atoms with Crippen LogP contribution in [0.3, 0.4) is 0 Å². The number of ether oxygens (including phenoxy) is 3. The summed E-state index contributed by atoms with van der Waals surface area (Å²) in [6, 6.07) is 6.66. The van der Waals surface area contributed by atoms with Crippen LogP contribution in [-0.4, -0.2) is 30.1 Å². The van der Waals surface area contributed by atoms with Gasteiger partial charge < -0.3 is 14.2 Å². The molecular formula is C17H20O6. The first kappa shape index (κ1) is 17.0. The summed E-state index contributed by atoms with van der Waals surface area (Å²) in [6.07, 6.45) is -1.83. The lowest BCUT2D eigenvalue weighted by molar-refractivity contribution is -0.171. The van der Waals surface area contributed by atoms with Gasteiger partial charge in [-0.2, -0.15) is 0 Å². The molecule has 1 aromatic carbocycles. The van der Waals surface area contributed by atoms with Gasteiger partial charge in [0.1, 0.15) is 0 Å². The Morgan fingerprint density at radius 1 is 1.00 bits per heavy atom. The maximum atomic E-state index is 12.4. The quantitative estimate of drug-likeness (QED) is 0.471. The highest BCUT2D eigenvalue weighted by atomic mass is 16.6. The molecule has 0 fully saturated rings. The Balaban J connectivity index is 2.36. The molecule has 0 saturated carbocycles. The normalized spacial score (nSPS) is 16.5. The summed E-state index contributed by atoms with van der Waals surface area (Å²) in [5, 5.41) is 0. The Bertz CT molecular complexity index is 597. The van der Waals surface area contributed by atoms with E-state index in [1.54, 1.807) is 52.0 Å². The first-order valence-corrected chi connectivity index (χ1v) is 7.52. The third-order valence-corrected chi connectivity index (χ3v) is 3.24. The molecule has 6 nitrogen and oxygen atoms in total. The summed E-state index contributed by atoms with van der Waals surface area (Å²) in [5.41, 5.74) is 0.834. The van der Waals surface area contributed by atoms with E-state index in [9.17, 15) is 14.4 Å². The second-order valence-electron chi connectivity index (χ2n) is 5.86. The number of cyclic esters (lactones) is 1. The Morgan fingerprint density at radius 2 is 1.52 bits per heavy atom. The number of rotatable bonds is 5. The van der Waals surface area contributed by atoms with Gasteiger partial charge in [-0.25, -0.2) is 4.79 Å². The fourth-order valence-electron chi connectivity index (χ4n) is 2.38. The lowest BCUT2D eigenvalue weighted by Crippen LogP contribution is -2.35. The highest BCUT2D eigenvalue weighted by molar-refractivity contribution is 6.00. The molecule has 2 rings (SSSR count). The van der Waals surface area contributed by atoms with Gasteiger partial charge in [0.25, 0.3) is 0 Å². The standard InChI is InChI=1S/C17H20O6/c1-9(2)21-16(19)13(17(20)22-10(3)4)14-11-7-5-6-8-12(11)15(18)23-14/h5-10,13-14H,1-4H3. The summed E-state index contributed by atoms with van der Waals surface area (Å²) in [6.45, 7) is 6.71. The van der Waals surface area contributed by atoms with E-state index < -0.39 is 42.1 Å². The minimum atomic E-state index is -1.34. The molecule has 0 aliphatic carbocycles. The van der Waals surface area contributed by atoms with Crippen molar-refractivity contribution >= 4 is 17.9 Å². The first-order valence-electron chi connectivity index (χ1n) is 7.52. The van der Waals surface area contributed by atoms with Gasteiger partial charge in [0.2, 0.25) is 0 Å². The van der Waals surface area contributed by atoms with Gasteiger partial charge in [0, 0.05) is 5.56 Å². The van der Waals surface area contributed by atoms with Crippen LogP contribution in [0.5, 0.6) is 0 Å². The predicted octanol–water partition coefficient (Wildman–Crippen LogP) is 2.42. The van der Waals surface area contributed by atoms with Gasteiger partial charge in [-0.3, -0.25) is 9.59 Å². The van der Waals surface area contributed by atoms with Crippen molar-refractivity contribution in [3.8, 4) is 0 Å². The fourth-order valence-corrected chi connectivity index (χ4v) is 2.38. The van der Waals surface area contributed by atoms with E-state index in [0.29, 0.717) is 11.1 Å². The van der Waals surface area contributed by atoms with Crippen LogP contribution in [0.25, 0.3) is 0 Å². The van der Waals surface area contributed by atoms with Crippen LogP contribution in [0, 0.1) is 5.92 Å². The highest BCUT2D eigenvalue weighted by Crippen LogP contribution is 2.37. The van der Waals surface area contributed by atoms with E-state index in [0.717, 1.165) is 0 Å². The highest BCUT2D eigenvalue weighted by Gasteiger charge is 2.46. The zero-order valence-electron chi connectivity index (χ0n) is 13.6. The van der Waals surface area contributed by atoms with E-state index in [1.807, 2.05) is 0 Å².